The first-order chi connectivity index (χ1) is 12.2. The van der Waals surface area contributed by atoms with Gasteiger partial charge in [0.2, 0.25) is 0 Å². The first kappa shape index (κ1) is 24.1. The highest BCUT2D eigenvalue weighted by molar-refractivity contribution is 5.49. The summed E-state index contributed by atoms with van der Waals surface area (Å²) in [5.41, 5.74) is 1.65. The van der Waals surface area contributed by atoms with Gasteiger partial charge >= 0.3 is 35.8 Å². The fourth-order valence-electron chi connectivity index (χ4n) is 1.89. The standard InChI is InChI=1S/C13H8F13NO/c14-8(15,6-1-2-7(27)5(3-6)4-28)9(16,17)10(18,19)11(20,21)12(22,23)13(24,25)26/h1-3,28H,4,27H2. The summed E-state index contributed by atoms with van der Waals surface area (Å²) in [6.07, 6.45) is -7.46. The molecular formula is C13H8F13NO. The van der Waals surface area contributed by atoms with E-state index in [1.54, 1.807) is 0 Å². The quantitative estimate of drug-likeness (QED) is 0.485. The molecule has 15 heteroatoms. The average molecular weight is 441 g/mol. The van der Waals surface area contributed by atoms with Crippen LogP contribution in [0.4, 0.5) is 62.8 Å². The smallest absolute Gasteiger partial charge is 0.398 e. The predicted octanol–water partition coefficient (Wildman–Crippen LogP) is 4.96. The number of nitrogens with two attached hydrogens (primary N) is 1. The number of benzene rings is 1. The van der Waals surface area contributed by atoms with Gasteiger partial charge in [0.05, 0.1) is 6.61 Å². The molecular weight excluding hydrogens is 433 g/mol. The van der Waals surface area contributed by atoms with Gasteiger partial charge < -0.3 is 10.8 Å². The van der Waals surface area contributed by atoms with Gasteiger partial charge in [0, 0.05) is 16.8 Å². The third kappa shape index (κ3) is 3.12. The van der Waals surface area contributed by atoms with Crippen LogP contribution in [0.3, 0.4) is 0 Å². The largest absolute Gasteiger partial charge is 0.460 e. The first-order valence-corrected chi connectivity index (χ1v) is 6.65. The Balaban J connectivity index is 3.62. The van der Waals surface area contributed by atoms with E-state index in [1.807, 2.05) is 0 Å². The average Bonchev–Trinajstić information content (AvgIpc) is 2.53. The van der Waals surface area contributed by atoms with Crippen LogP contribution < -0.4 is 5.73 Å². The van der Waals surface area contributed by atoms with Gasteiger partial charge in [-0.3, -0.25) is 0 Å². The summed E-state index contributed by atoms with van der Waals surface area (Å²) in [4.78, 5) is 0. The van der Waals surface area contributed by atoms with E-state index in [9.17, 15) is 57.1 Å². The van der Waals surface area contributed by atoms with Crippen LogP contribution >= 0.6 is 0 Å². The molecule has 1 rings (SSSR count). The molecule has 0 spiro atoms. The zero-order chi connectivity index (χ0) is 22.6. The summed E-state index contributed by atoms with van der Waals surface area (Å²) in [5.74, 6) is -37.4. The molecule has 0 radical (unpaired) electrons. The van der Waals surface area contributed by atoms with E-state index in [0.29, 0.717) is 6.07 Å². The van der Waals surface area contributed by atoms with Gasteiger partial charge in [-0.25, -0.2) is 0 Å². The molecule has 162 valence electrons. The lowest BCUT2D eigenvalue weighted by molar-refractivity contribution is -0.441. The van der Waals surface area contributed by atoms with Crippen molar-refractivity contribution in [2.75, 3.05) is 5.73 Å². The van der Waals surface area contributed by atoms with E-state index in [-0.39, 0.29) is 12.1 Å². The number of halogens is 13. The molecule has 0 aliphatic carbocycles. The van der Waals surface area contributed by atoms with Gasteiger partial charge in [-0.1, -0.05) is 6.07 Å². The molecule has 28 heavy (non-hydrogen) atoms. The third-order valence-corrected chi connectivity index (χ3v) is 3.61. The Morgan fingerprint density at radius 3 is 1.50 bits per heavy atom. The molecule has 0 amide bonds. The van der Waals surface area contributed by atoms with Crippen molar-refractivity contribution in [3.63, 3.8) is 0 Å². The molecule has 0 bridgehead atoms. The van der Waals surface area contributed by atoms with Gasteiger partial charge in [0.1, 0.15) is 0 Å². The lowest BCUT2D eigenvalue weighted by atomic mass is 9.90. The Morgan fingerprint density at radius 1 is 0.679 bits per heavy atom. The Morgan fingerprint density at radius 2 is 1.11 bits per heavy atom. The van der Waals surface area contributed by atoms with Crippen LogP contribution in [0.15, 0.2) is 18.2 Å². The van der Waals surface area contributed by atoms with Crippen molar-refractivity contribution in [2.24, 2.45) is 0 Å². The number of aliphatic hydroxyl groups is 1. The van der Waals surface area contributed by atoms with Crippen molar-refractivity contribution >= 4 is 5.69 Å². The predicted molar refractivity (Wildman–Crippen MR) is 66.5 cm³/mol. The van der Waals surface area contributed by atoms with Gasteiger partial charge in [-0.15, -0.1) is 0 Å². The van der Waals surface area contributed by atoms with Crippen LogP contribution in [-0.2, 0) is 12.5 Å². The monoisotopic (exact) mass is 441 g/mol. The minimum Gasteiger partial charge on any atom is -0.398 e. The second kappa shape index (κ2) is 6.56. The molecule has 0 aliphatic rings. The van der Waals surface area contributed by atoms with Crippen molar-refractivity contribution in [2.45, 2.75) is 42.4 Å². The topological polar surface area (TPSA) is 46.2 Å². The lowest BCUT2D eigenvalue weighted by Crippen LogP contribution is -2.69. The number of hydrogen-bond donors (Lipinski definition) is 2. The van der Waals surface area contributed by atoms with E-state index in [0.717, 1.165) is 0 Å². The zero-order valence-electron chi connectivity index (χ0n) is 12.9. The summed E-state index contributed by atoms with van der Waals surface area (Å²) in [6, 6.07) is 0.156. The molecule has 0 saturated heterocycles. The normalized spacial score (nSPS) is 15.1. The summed E-state index contributed by atoms with van der Waals surface area (Å²) in [7, 11) is 0. The Bertz CT molecular complexity index is 726. The maximum atomic E-state index is 13.9. The molecule has 0 unspecified atom stereocenters. The van der Waals surface area contributed by atoms with Gasteiger partial charge in [-0.2, -0.15) is 57.1 Å². The highest BCUT2D eigenvalue weighted by Crippen LogP contribution is 2.62. The van der Waals surface area contributed by atoms with E-state index < -0.39 is 59.2 Å². The van der Waals surface area contributed by atoms with Crippen LogP contribution in [0, 0.1) is 0 Å². The maximum absolute atomic E-state index is 13.9. The molecule has 0 heterocycles. The molecule has 0 fully saturated rings. The second-order valence-corrected chi connectivity index (χ2v) is 5.44. The van der Waals surface area contributed by atoms with Gasteiger partial charge in [-0.05, 0) is 12.1 Å². The minimum absolute atomic E-state index is 0.0848. The van der Waals surface area contributed by atoms with E-state index >= 15 is 0 Å². The molecule has 2 nitrogen and oxygen atoms in total. The van der Waals surface area contributed by atoms with Crippen LogP contribution in [0.1, 0.15) is 11.1 Å². The van der Waals surface area contributed by atoms with Crippen LogP contribution in [0.5, 0.6) is 0 Å². The Labute approximate surface area is 146 Å². The first-order valence-electron chi connectivity index (χ1n) is 6.65. The number of aliphatic hydroxyl groups excluding tert-OH is 1. The van der Waals surface area contributed by atoms with Gasteiger partial charge in [0.25, 0.3) is 0 Å². The number of hydrogen-bond acceptors (Lipinski definition) is 2. The van der Waals surface area contributed by atoms with Crippen molar-refractivity contribution in [1.82, 2.24) is 0 Å². The number of alkyl halides is 13. The van der Waals surface area contributed by atoms with E-state index in [1.165, 1.54) is 0 Å². The van der Waals surface area contributed by atoms with Gasteiger partial charge in [0.15, 0.2) is 0 Å². The van der Waals surface area contributed by atoms with E-state index in [2.05, 4.69) is 0 Å². The fourth-order valence-corrected chi connectivity index (χ4v) is 1.89. The minimum atomic E-state index is -7.96. The highest BCUT2D eigenvalue weighted by atomic mass is 19.4. The second-order valence-electron chi connectivity index (χ2n) is 5.44. The van der Waals surface area contributed by atoms with Crippen LogP contribution in [-0.4, -0.2) is 35.0 Å². The molecule has 1 aromatic rings. The van der Waals surface area contributed by atoms with Crippen molar-refractivity contribution in [3.05, 3.63) is 29.3 Å². The molecule has 0 saturated carbocycles. The number of nitrogen functional groups attached to an aromatic ring is 1. The summed E-state index contributed by atoms with van der Waals surface area (Å²) < 4.78 is 169. The van der Waals surface area contributed by atoms with E-state index in [4.69, 9.17) is 10.8 Å². The van der Waals surface area contributed by atoms with Crippen molar-refractivity contribution in [1.29, 1.82) is 0 Å². The summed E-state index contributed by atoms with van der Waals surface area (Å²) in [6.45, 7) is -1.21. The fraction of sp³-hybridized carbons (Fsp3) is 0.538. The number of anilines is 1. The Kier molecular flexibility index (Phi) is 5.64. The van der Waals surface area contributed by atoms with Crippen molar-refractivity contribution < 1.29 is 62.2 Å². The molecule has 0 aromatic heterocycles. The van der Waals surface area contributed by atoms with Crippen molar-refractivity contribution in [3.8, 4) is 0 Å². The molecule has 3 N–H and O–H groups in total. The summed E-state index contributed by atoms with van der Waals surface area (Å²) >= 11 is 0. The lowest BCUT2D eigenvalue weighted by Gasteiger charge is -2.39. The zero-order valence-corrected chi connectivity index (χ0v) is 12.9. The Hall–Kier alpha value is -1.93. The summed E-state index contributed by atoms with van der Waals surface area (Å²) in [5, 5.41) is 8.79. The molecule has 0 aliphatic heterocycles. The maximum Gasteiger partial charge on any atom is 0.460 e. The highest BCUT2D eigenvalue weighted by Gasteiger charge is 2.90. The molecule has 0 atom stereocenters. The molecule has 1 aromatic carbocycles. The van der Waals surface area contributed by atoms with Crippen LogP contribution in [0.2, 0.25) is 0 Å². The SMILES string of the molecule is Nc1ccc(C(F)(F)C(F)(F)C(F)(F)C(F)(F)C(F)(F)C(F)(F)F)cc1CO. The van der Waals surface area contributed by atoms with Crippen LogP contribution in [0.25, 0.3) is 0 Å². The third-order valence-electron chi connectivity index (χ3n) is 3.61. The number of rotatable bonds is 6.